The summed E-state index contributed by atoms with van der Waals surface area (Å²) in [4.78, 5) is 30.4. The Morgan fingerprint density at radius 3 is 3.00 bits per heavy atom. The van der Waals surface area contributed by atoms with E-state index in [-0.39, 0.29) is 11.5 Å². The second-order valence-electron chi connectivity index (χ2n) is 6.23. The highest BCUT2D eigenvalue weighted by Gasteiger charge is 2.22. The third kappa shape index (κ3) is 2.95. The second-order valence-corrected chi connectivity index (χ2v) is 7.04. The highest BCUT2D eigenvalue weighted by Crippen LogP contribution is 2.22. The van der Waals surface area contributed by atoms with E-state index >= 15 is 0 Å². The van der Waals surface area contributed by atoms with Crippen LogP contribution in [0.3, 0.4) is 0 Å². The van der Waals surface area contributed by atoms with Crippen LogP contribution in [0.2, 0.25) is 0 Å². The number of aryl methyl sites for hydroxylation is 2. The molecule has 0 fully saturated rings. The quantitative estimate of drug-likeness (QED) is 0.721. The second kappa shape index (κ2) is 6.40. The third-order valence-electron chi connectivity index (χ3n) is 4.68. The zero-order chi connectivity index (χ0) is 17.4. The predicted molar refractivity (Wildman–Crippen MR) is 96.6 cm³/mol. The van der Waals surface area contributed by atoms with Crippen LogP contribution in [0.15, 0.2) is 35.4 Å². The van der Waals surface area contributed by atoms with Gasteiger partial charge >= 0.3 is 0 Å². The number of nitrogens with zero attached hydrogens (tertiary/aromatic N) is 4. The normalized spacial score (nSPS) is 13.9. The zero-order valence-corrected chi connectivity index (χ0v) is 14.8. The minimum absolute atomic E-state index is 0.00716. The predicted octanol–water partition coefficient (Wildman–Crippen LogP) is 2.00. The van der Waals surface area contributed by atoms with Gasteiger partial charge in [0.25, 0.3) is 5.56 Å². The monoisotopic (exact) mass is 354 g/mol. The summed E-state index contributed by atoms with van der Waals surface area (Å²) >= 11 is 1.49. The van der Waals surface area contributed by atoms with E-state index in [9.17, 15) is 9.59 Å². The molecule has 3 aromatic rings. The van der Waals surface area contributed by atoms with E-state index in [0.29, 0.717) is 32.5 Å². The molecule has 25 heavy (non-hydrogen) atoms. The Morgan fingerprint density at radius 1 is 1.32 bits per heavy atom. The number of amides is 1. The molecule has 0 saturated heterocycles. The average molecular weight is 354 g/mol. The maximum absolute atomic E-state index is 12.7. The fourth-order valence-electron chi connectivity index (χ4n) is 3.23. The van der Waals surface area contributed by atoms with E-state index in [4.69, 9.17) is 0 Å². The topological polar surface area (TPSA) is 68.1 Å². The molecular formula is C18H18N4O2S. The third-order valence-corrected chi connectivity index (χ3v) is 5.54. The Morgan fingerprint density at radius 2 is 2.16 bits per heavy atom. The summed E-state index contributed by atoms with van der Waals surface area (Å²) < 4.78 is 7.35. The van der Waals surface area contributed by atoms with Crippen molar-refractivity contribution in [1.82, 2.24) is 18.8 Å². The molecule has 1 amide bonds. The number of hydrogen-bond acceptors (Lipinski definition) is 5. The van der Waals surface area contributed by atoms with Crippen LogP contribution >= 0.6 is 11.5 Å². The minimum atomic E-state index is 0.00716. The molecule has 1 aliphatic heterocycles. The smallest absolute Gasteiger partial charge is 0.256 e. The van der Waals surface area contributed by atoms with E-state index in [0.717, 1.165) is 27.0 Å². The molecule has 4 rings (SSSR count). The highest BCUT2D eigenvalue weighted by molar-refractivity contribution is 7.13. The van der Waals surface area contributed by atoms with Gasteiger partial charge in [-0.1, -0.05) is 18.2 Å². The molecule has 1 aliphatic rings. The van der Waals surface area contributed by atoms with Gasteiger partial charge in [-0.05, 0) is 24.0 Å². The van der Waals surface area contributed by atoms with Gasteiger partial charge in [0.1, 0.15) is 0 Å². The molecule has 0 saturated carbocycles. The molecule has 1 aromatic carbocycles. The maximum atomic E-state index is 12.7. The first-order valence-corrected chi connectivity index (χ1v) is 9.07. The summed E-state index contributed by atoms with van der Waals surface area (Å²) in [6.45, 7) is 3.12. The van der Waals surface area contributed by atoms with E-state index in [2.05, 4.69) is 21.5 Å². The number of benzene rings is 1. The molecule has 3 heterocycles. The number of carbonyl (C=O) groups is 1. The van der Waals surface area contributed by atoms with Crippen molar-refractivity contribution in [2.75, 3.05) is 6.54 Å². The first-order valence-electron chi connectivity index (χ1n) is 8.29. The van der Waals surface area contributed by atoms with Crippen molar-refractivity contribution in [3.8, 4) is 0 Å². The van der Waals surface area contributed by atoms with E-state index < -0.39 is 0 Å². The van der Waals surface area contributed by atoms with Gasteiger partial charge in [-0.2, -0.15) is 4.37 Å². The lowest BCUT2D eigenvalue weighted by atomic mass is 10.1. The Labute approximate surface area is 148 Å². The summed E-state index contributed by atoms with van der Waals surface area (Å²) in [6, 6.07) is 8.14. The molecule has 6 nitrogen and oxygen atoms in total. The van der Waals surface area contributed by atoms with Crippen LogP contribution in [-0.4, -0.2) is 31.3 Å². The Hall–Kier alpha value is -2.54. The molecule has 0 radical (unpaired) electrons. The van der Waals surface area contributed by atoms with E-state index in [1.54, 1.807) is 22.7 Å². The van der Waals surface area contributed by atoms with E-state index in [1.807, 2.05) is 12.1 Å². The van der Waals surface area contributed by atoms with Crippen LogP contribution in [0, 0.1) is 0 Å². The molecule has 0 bridgehead atoms. The average Bonchev–Trinajstić information content (AvgIpc) is 3.04. The lowest BCUT2D eigenvalue weighted by Gasteiger charge is -2.26. The van der Waals surface area contributed by atoms with Crippen LogP contribution in [0.4, 0.5) is 0 Å². The summed E-state index contributed by atoms with van der Waals surface area (Å²) in [5.41, 5.74) is 2.49. The first kappa shape index (κ1) is 16.0. The Bertz CT molecular complexity index is 1010. The van der Waals surface area contributed by atoms with Crippen LogP contribution in [0.25, 0.3) is 10.1 Å². The summed E-state index contributed by atoms with van der Waals surface area (Å²) in [5, 5.41) is 1.16. The first-order chi connectivity index (χ1) is 12.1. The van der Waals surface area contributed by atoms with Crippen LogP contribution in [0.5, 0.6) is 0 Å². The lowest BCUT2D eigenvalue weighted by molar-refractivity contribution is -0.129. The van der Waals surface area contributed by atoms with Crippen molar-refractivity contribution in [3.05, 3.63) is 57.9 Å². The fraction of sp³-hybridized carbons (Fsp3) is 0.333. The van der Waals surface area contributed by atoms with Crippen molar-refractivity contribution < 1.29 is 4.79 Å². The SMILES string of the molecule is CC(=O)N1CCc2c(ncn(CCc3nsc4ccccc34)c2=O)C1. The lowest BCUT2D eigenvalue weighted by Crippen LogP contribution is -2.39. The van der Waals surface area contributed by atoms with Crippen LogP contribution in [-0.2, 0) is 30.7 Å². The molecule has 0 aliphatic carbocycles. The number of carbonyl (C=O) groups excluding carboxylic acids is 1. The molecule has 0 spiro atoms. The van der Waals surface area contributed by atoms with Crippen molar-refractivity contribution >= 4 is 27.5 Å². The highest BCUT2D eigenvalue weighted by atomic mass is 32.1. The van der Waals surface area contributed by atoms with Gasteiger partial charge in [-0.15, -0.1) is 0 Å². The summed E-state index contributed by atoms with van der Waals surface area (Å²) in [6.07, 6.45) is 2.87. The van der Waals surface area contributed by atoms with Gasteiger partial charge in [-0.25, -0.2) is 4.98 Å². The molecule has 128 valence electrons. The molecule has 0 atom stereocenters. The van der Waals surface area contributed by atoms with Gasteiger partial charge in [0, 0.05) is 37.4 Å². The van der Waals surface area contributed by atoms with Crippen molar-refractivity contribution in [1.29, 1.82) is 0 Å². The summed E-state index contributed by atoms with van der Waals surface area (Å²) in [7, 11) is 0. The Balaban J connectivity index is 1.56. The molecule has 7 heteroatoms. The number of hydrogen-bond donors (Lipinski definition) is 0. The fourth-order valence-corrected chi connectivity index (χ4v) is 4.06. The van der Waals surface area contributed by atoms with E-state index in [1.165, 1.54) is 11.5 Å². The van der Waals surface area contributed by atoms with Gasteiger partial charge in [0.2, 0.25) is 5.91 Å². The van der Waals surface area contributed by atoms with Crippen LogP contribution in [0.1, 0.15) is 23.9 Å². The van der Waals surface area contributed by atoms with Gasteiger partial charge in [-0.3, -0.25) is 14.2 Å². The Kier molecular flexibility index (Phi) is 4.09. The van der Waals surface area contributed by atoms with Crippen molar-refractivity contribution in [3.63, 3.8) is 0 Å². The van der Waals surface area contributed by atoms with Crippen LogP contribution < -0.4 is 5.56 Å². The van der Waals surface area contributed by atoms with Crippen molar-refractivity contribution in [2.24, 2.45) is 0 Å². The summed E-state index contributed by atoms with van der Waals surface area (Å²) in [5.74, 6) is 0.0204. The van der Waals surface area contributed by atoms with Crippen molar-refractivity contribution in [2.45, 2.75) is 32.9 Å². The minimum Gasteiger partial charge on any atom is -0.337 e. The molecular weight excluding hydrogens is 336 g/mol. The zero-order valence-electron chi connectivity index (χ0n) is 13.9. The molecule has 2 aromatic heterocycles. The van der Waals surface area contributed by atoms with Gasteiger partial charge in [0.05, 0.1) is 29.0 Å². The van der Waals surface area contributed by atoms with Gasteiger partial charge < -0.3 is 4.90 Å². The standard InChI is InChI=1S/C18H18N4O2S/c1-12(23)21-8-6-14-16(10-21)19-11-22(18(14)24)9-7-15-13-4-2-3-5-17(13)25-20-15/h2-5,11H,6-10H2,1H3. The number of rotatable bonds is 3. The van der Waals surface area contributed by atoms with Gasteiger partial charge in [0.15, 0.2) is 0 Å². The largest absolute Gasteiger partial charge is 0.337 e. The molecule has 0 unspecified atom stereocenters. The maximum Gasteiger partial charge on any atom is 0.256 e. The number of aromatic nitrogens is 3. The number of fused-ring (bicyclic) bond motifs is 2. The molecule has 0 N–H and O–H groups in total.